The number of aliphatic imine (C=N–C) groups is 1. The van der Waals surface area contributed by atoms with E-state index in [9.17, 15) is 0 Å². The van der Waals surface area contributed by atoms with Crippen LogP contribution in [0.1, 0.15) is 25.0 Å². The Morgan fingerprint density at radius 1 is 1.23 bits per heavy atom. The van der Waals surface area contributed by atoms with Crippen LogP contribution in [0.3, 0.4) is 0 Å². The van der Waals surface area contributed by atoms with Crippen molar-refractivity contribution >= 4 is 29.9 Å². The molecular formula is C16H28IN3O2. The summed E-state index contributed by atoms with van der Waals surface area (Å²) in [5.74, 6) is 1.65. The van der Waals surface area contributed by atoms with E-state index in [-0.39, 0.29) is 29.6 Å². The van der Waals surface area contributed by atoms with Gasteiger partial charge in [-0.15, -0.1) is 24.0 Å². The van der Waals surface area contributed by atoms with Crippen LogP contribution >= 0.6 is 24.0 Å². The van der Waals surface area contributed by atoms with Crippen molar-refractivity contribution in [2.75, 3.05) is 27.8 Å². The smallest absolute Gasteiger partial charge is 0.191 e. The number of ether oxygens (including phenoxy) is 2. The van der Waals surface area contributed by atoms with Crippen LogP contribution in [0, 0.1) is 6.92 Å². The predicted octanol–water partition coefficient (Wildman–Crippen LogP) is 2.71. The second-order valence-corrected chi connectivity index (χ2v) is 5.55. The molecule has 1 rings (SSSR count). The summed E-state index contributed by atoms with van der Waals surface area (Å²) in [4.78, 5) is 4.21. The number of benzene rings is 1. The summed E-state index contributed by atoms with van der Waals surface area (Å²) >= 11 is 0. The first-order valence-electron chi connectivity index (χ1n) is 7.05. The molecule has 0 aliphatic rings. The van der Waals surface area contributed by atoms with Crippen molar-refractivity contribution in [1.29, 1.82) is 0 Å². The van der Waals surface area contributed by atoms with Crippen molar-refractivity contribution in [3.63, 3.8) is 0 Å². The summed E-state index contributed by atoms with van der Waals surface area (Å²) in [6.07, 6.45) is 0. The molecule has 126 valence electrons. The molecule has 0 heterocycles. The molecule has 0 saturated heterocycles. The van der Waals surface area contributed by atoms with E-state index in [0.717, 1.165) is 22.8 Å². The zero-order chi connectivity index (χ0) is 15.9. The molecule has 0 aliphatic heterocycles. The van der Waals surface area contributed by atoms with Crippen molar-refractivity contribution in [3.8, 4) is 5.75 Å². The minimum absolute atomic E-state index is 0. The van der Waals surface area contributed by atoms with E-state index in [1.807, 2.05) is 26.8 Å². The Kier molecular flexibility index (Phi) is 9.43. The van der Waals surface area contributed by atoms with Crippen LogP contribution in [0.4, 0.5) is 0 Å². The van der Waals surface area contributed by atoms with Gasteiger partial charge in [-0.2, -0.15) is 0 Å². The van der Waals surface area contributed by atoms with Crippen LogP contribution in [-0.2, 0) is 11.3 Å². The van der Waals surface area contributed by atoms with Gasteiger partial charge in [-0.1, -0.05) is 12.1 Å². The van der Waals surface area contributed by atoms with Gasteiger partial charge in [0.05, 0.1) is 12.7 Å². The van der Waals surface area contributed by atoms with Gasteiger partial charge >= 0.3 is 0 Å². The second-order valence-electron chi connectivity index (χ2n) is 5.55. The van der Waals surface area contributed by atoms with Gasteiger partial charge in [0.2, 0.25) is 0 Å². The minimum atomic E-state index is -0.231. The molecular weight excluding hydrogens is 393 g/mol. The highest BCUT2D eigenvalue weighted by atomic mass is 127. The van der Waals surface area contributed by atoms with Crippen LogP contribution < -0.4 is 15.4 Å². The quantitative estimate of drug-likeness (QED) is 0.422. The van der Waals surface area contributed by atoms with Crippen LogP contribution in [0.25, 0.3) is 0 Å². The SMILES string of the molecule is CN=C(NCc1ccc(C)c(OC)c1)NCC(C)(C)OC.I. The third kappa shape index (κ3) is 6.83. The van der Waals surface area contributed by atoms with Crippen molar-refractivity contribution in [1.82, 2.24) is 10.6 Å². The number of guanidine groups is 1. The summed E-state index contributed by atoms with van der Waals surface area (Å²) in [7, 11) is 5.15. The Balaban J connectivity index is 0.00000441. The Labute approximate surface area is 150 Å². The fraction of sp³-hybridized carbons (Fsp3) is 0.562. The normalized spacial score (nSPS) is 11.6. The van der Waals surface area contributed by atoms with E-state index >= 15 is 0 Å². The molecule has 22 heavy (non-hydrogen) atoms. The van der Waals surface area contributed by atoms with Crippen molar-refractivity contribution in [2.45, 2.75) is 32.9 Å². The van der Waals surface area contributed by atoms with E-state index in [2.05, 4.69) is 27.8 Å². The molecule has 0 amide bonds. The van der Waals surface area contributed by atoms with Gasteiger partial charge in [-0.3, -0.25) is 4.99 Å². The molecule has 0 aliphatic carbocycles. The number of nitrogens with one attached hydrogen (secondary N) is 2. The Morgan fingerprint density at radius 2 is 1.91 bits per heavy atom. The van der Waals surface area contributed by atoms with Gasteiger partial charge in [0.25, 0.3) is 0 Å². The molecule has 0 atom stereocenters. The van der Waals surface area contributed by atoms with Crippen molar-refractivity contribution in [2.24, 2.45) is 4.99 Å². The average molecular weight is 421 g/mol. The molecule has 0 radical (unpaired) electrons. The zero-order valence-corrected chi connectivity index (χ0v) is 16.6. The van der Waals surface area contributed by atoms with Crippen molar-refractivity contribution < 1.29 is 9.47 Å². The number of nitrogens with zero attached hydrogens (tertiary/aromatic N) is 1. The Bertz CT molecular complexity index is 490. The van der Waals surface area contributed by atoms with Gasteiger partial charge in [0.1, 0.15) is 5.75 Å². The predicted molar refractivity (Wildman–Crippen MR) is 102 cm³/mol. The monoisotopic (exact) mass is 421 g/mol. The van der Waals surface area contributed by atoms with Crippen LogP contribution in [0.15, 0.2) is 23.2 Å². The molecule has 5 nitrogen and oxygen atoms in total. The zero-order valence-electron chi connectivity index (χ0n) is 14.3. The Morgan fingerprint density at radius 3 is 2.45 bits per heavy atom. The highest BCUT2D eigenvalue weighted by Gasteiger charge is 2.16. The molecule has 0 unspecified atom stereocenters. The molecule has 0 saturated carbocycles. The summed E-state index contributed by atoms with van der Waals surface area (Å²) in [6, 6.07) is 6.17. The molecule has 1 aromatic carbocycles. The molecule has 2 N–H and O–H groups in total. The first kappa shape index (κ1) is 21.0. The summed E-state index contributed by atoms with van der Waals surface area (Å²) in [5.41, 5.74) is 2.04. The molecule has 6 heteroatoms. The third-order valence-corrected chi connectivity index (χ3v) is 3.39. The topological polar surface area (TPSA) is 54.9 Å². The summed E-state index contributed by atoms with van der Waals surface area (Å²) < 4.78 is 10.7. The van der Waals surface area contributed by atoms with Gasteiger partial charge in [-0.25, -0.2) is 0 Å². The van der Waals surface area contributed by atoms with Crippen LogP contribution in [0.5, 0.6) is 5.75 Å². The lowest BCUT2D eigenvalue weighted by molar-refractivity contribution is 0.0268. The number of halogens is 1. The lowest BCUT2D eigenvalue weighted by Crippen LogP contribution is -2.45. The van der Waals surface area contributed by atoms with Gasteiger partial charge in [-0.05, 0) is 38.0 Å². The van der Waals surface area contributed by atoms with Gasteiger partial charge in [0, 0.05) is 27.2 Å². The third-order valence-electron chi connectivity index (χ3n) is 3.39. The maximum absolute atomic E-state index is 5.38. The molecule has 1 aromatic rings. The summed E-state index contributed by atoms with van der Waals surface area (Å²) in [6.45, 7) is 7.45. The van der Waals surface area contributed by atoms with Crippen molar-refractivity contribution in [3.05, 3.63) is 29.3 Å². The fourth-order valence-electron chi connectivity index (χ4n) is 1.75. The summed E-state index contributed by atoms with van der Waals surface area (Å²) in [5, 5.41) is 6.53. The molecule has 0 bridgehead atoms. The standard InChI is InChI=1S/C16H27N3O2.HI/c1-12-7-8-13(9-14(12)20-5)10-18-15(17-4)19-11-16(2,3)21-6;/h7-9H,10-11H2,1-6H3,(H2,17,18,19);1H. The minimum Gasteiger partial charge on any atom is -0.496 e. The van der Waals surface area contributed by atoms with Gasteiger partial charge in [0.15, 0.2) is 5.96 Å². The lowest BCUT2D eigenvalue weighted by Gasteiger charge is -2.24. The molecule has 0 aromatic heterocycles. The van der Waals surface area contributed by atoms with Crippen LogP contribution in [-0.4, -0.2) is 39.4 Å². The fourth-order valence-corrected chi connectivity index (χ4v) is 1.75. The average Bonchev–Trinajstić information content (AvgIpc) is 2.48. The maximum Gasteiger partial charge on any atom is 0.191 e. The van der Waals surface area contributed by atoms with E-state index in [0.29, 0.717) is 13.1 Å². The lowest BCUT2D eigenvalue weighted by atomic mass is 10.1. The number of rotatable bonds is 6. The first-order chi connectivity index (χ1) is 9.91. The van der Waals surface area contributed by atoms with E-state index < -0.39 is 0 Å². The highest BCUT2D eigenvalue weighted by molar-refractivity contribution is 14.0. The number of hydrogen-bond acceptors (Lipinski definition) is 3. The van der Waals surface area contributed by atoms with E-state index in [1.165, 1.54) is 0 Å². The number of hydrogen-bond donors (Lipinski definition) is 2. The maximum atomic E-state index is 5.38. The van der Waals surface area contributed by atoms with E-state index in [1.54, 1.807) is 21.3 Å². The highest BCUT2D eigenvalue weighted by Crippen LogP contribution is 2.18. The van der Waals surface area contributed by atoms with Gasteiger partial charge < -0.3 is 20.1 Å². The molecule has 0 spiro atoms. The first-order valence-corrected chi connectivity index (χ1v) is 7.05. The molecule has 0 fully saturated rings. The largest absolute Gasteiger partial charge is 0.496 e. The van der Waals surface area contributed by atoms with Crippen LogP contribution in [0.2, 0.25) is 0 Å². The number of methoxy groups -OCH3 is 2. The number of aryl methyl sites for hydroxylation is 1. The van der Waals surface area contributed by atoms with E-state index in [4.69, 9.17) is 9.47 Å². The second kappa shape index (κ2) is 9.89. The Hall–Kier alpha value is -1.02.